The topological polar surface area (TPSA) is 15.3 Å². The van der Waals surface area contributed by atoms with Crippen molar-refractivity contribution >= 4 is 24.8 Å². The highest BCUT2D eigenvalue weighted by atomic mass is 35.5. The Labute approximate surface area is 139 Å². The zero-order chi connectivity index (χ0) is 13.1. The van der Waals surface area contributed by atoms with Gasteiger partial charge in [0.2, 0.25) is 0 Å². The van der Waals surface area contributed by atoms with Gasteiger partial charge in [0, 0.05) is 32.2 Å². The van der Waals surface area contributed by atoms with Gasteiger partial charge in [0.15, 0.2) is 0 Å². The highest BCUT2D eigenvalue weighted by molar-refractivity contribution is 5.85. The number of halogens is 3. The Morgan fingerprint density at radius 2 is 1.57 bits per heavy atom. The third-order valence-electron chi connectivity index (χ3n) is 4.60. The Kier molecular flexibility index (Phi) is 7.96. The molecule has 0 amide bonds. The van der Waals surface area contributed by atoms with Crippen molar-refractivity contribution in [2.75, 3.05) is 26.2 Å². The van der Waals surface area contributed by atoms with Crippen LogP contribution in [0.2, 0.25) is 0 Å². The van der Waals surface area contributed by atoms with Gasteiger partial charge in [-0.05, 0) is 36.5 Å². The molecule has 1 N–H and O–H groups in total. The normalized spacial score (nSPS) is 21.4. The molecule has 2 nitrogen and oxygen atoms in total. The Bertz CT molecular complexity index is 401. The van der Waals surface area contributed by atoms with E-state index < -0.39 is 0 Å². The molecule has 120 valence electrons. The van der Waals surface area contributed by atoms with Crippen LogP contribution in [0.5, 0.6) is 0 Å². The second kappa shape index (κ2) is 8.94. The van der Waals surface area contributed by atoms with Crippen molar-refractivity contribution in [2.45, 2.75) is 31.7 Å². The Hall–Kier alpha value is -0.350. The molecule has 0 radical (unpaired) electrons. The van der Waals surface area contributed by atoms with Crippen molar-refractivity contribution in [3.8, 4) is 0 Å². The first kappa shape index (κ1) is 18.7. The minimum absolute atomic E-state index is 0. The molecule has 1 saturated carbocycles. The van der Waals surface area contributed by atoms with Crippen LogP contribution in [0, 0.1) is 11.7 Å². The van der Waals surface area contributed by atoms with Gasteiger partial charge in [0.05, 0.1) is 0 Å². The quantitative estimate of drug-likeness (QED) is 0.904. The summed E-state index contributed by atoms with van der Waals surface area (Å²) in [6, 6.07) is 7.69. The summed E-state index contributed by atoms with van der Waals surface area (Å²) in [6.45, 7) is 4.37. The molecule has 2 aliphatic rings. The number of hydrogen-bond donors (Lipinski definition) is 1. The van der Waals surface area contributed by atoms with Gasteiger partial charge in [-0.2, -0.15) is 0 Å². The van der Waals surface area contributed by atoms with E-state index in [-0.39, 0.29) is 30.6 Å². The molecule has 1 aliphatic carbocycles. The summed E-state index contributed by atoms with van der Waals surface area (Å²) in [7, 11) is 0. The largest absolute Gasteiger partial charge is 0.314 e. The fraction of sp³-hybridized carbons (Fsp3) is 0.625. The summed E-state index contributed by atoms with van der Waals surface area (Å²) in [5, 5.41) is 3.42. The van der Waals surface area contributed by atoms with Crippen LogP contribution in [0.25, 0.3) is 0 Å². The number of nitrogens with zero attached hydrogens (tertiary/aromatic N) is 1. The monoisotopic (exact) mass is 334 g/mol. The maximum atomic E-state index is 13.1. The maximum Gasteiger partial charge on any atom is 0.123 e. The highest BCUT2D eigenvalue weighted by Gasteiger charge is 2.31. The van der Waals surface area contributed by atoms with Gasteiger partial charge in [-0.3, -0.25) is 4.90 Å². The van der Waals surface area contributed by atoms with E-state index in [1.807, 2.05) is 12.1 Å². The predicted octanol–water partition coefficient (Wildman–Crippen LogP) is 3.81. The van der Waals surface area contributed by atoms with E-state index in [1.54, 1.807) is 12.1 Å². The minimum Gasteiger partial charge on any atom is -0.314 e. The van der Waals surface area contributed by atoms with Crippen LogP contribution < -0.4 is 5.32 Å². The van der Waals surface area contributed by atoms with E-state index in [9.17, 15) is 4.39 Å². The van der Waals surface area contributed by atoms with Crippen LogP contribution in [0.4, 0.5) is 4.39 Å². The molecule has 1 aliphatic heterocycles. The van der Waals surface area contributed by atoms with Crippen molar-refractivity contribution in [1.82, 2.24) is 10.2 Å². The lowest BCUT2D eigenvalue weighted by atomic mass is 9.90. The number of benzene rings is 1. The zero-order valence-electron chi connectivity index (χ0n) is 12.3. The summed E-state index contributed by atoms with van der Waals surface area (Å²) in [6.07, 6.45) is 5.36. The minimum atomic E-state index is -0.130. The Balaban J connectivity index is 0.00000110. The SMILES string of the molecule is Cl.Cl.Fc1ccc([C@H](C2CCCC2)N2CCNCC2)cc1. The molecule has 2 fully saturated rings. The fourth-order valence-electron chi connectivity index (χ4n) is 3.67. The lowest BCUT2D eigenvalue weighted by Crippen LogP contribution is -2.46. The lowest BCUT2D eigenvalue weighted by molar-refractivity contribution is 0.125. The van der Waals surface area contributed by atoms with Crippen molar-refractivity contribution in [3.63, 3.8) is 0 Å². The first-order valence-electron chi connectivity index (χ1n) is 7.55. The molecule has 0 bridgehead atoms. The van der Waals surface area contributed by atoms with Gasteiger partial charge >= 0.3 is 0 Å². The summed E-state index contributed by atoms with van der Waals surface area (Å²) < 4.78 is 13.1. The predicted molar refractivity (Wildman–Crippen MR) is 90.0 cm³/mol. The van der Waals surface area contributed by atoms with Gasteiger partial charge < -0.3 is 5.32 Å². The third kappa shape index (κ3) is 4.56. The first-order chi connectivity index (χ1) is 9.34. The molecule has 1 saturated heterocycles. The second-order valence-corrected chi connectivity index (χ2v) is 5.83. The molecule has 0 aromatic heterocycles. The number of rotatable bonds is 3. The molecule has 21 heavy (non-hydrogen) atoms. The van der Waals surface area contributed by atoms with E-state index in [0.29, 0.717) is 6.04 Å². The molecule has 1 aromatic carbocycles. The summed E-state index contributed by atoms with van der Waals surface area (Å²) in [5.74, 6) is 0.623. The van der Waals surface area contributed by atoms with E-state index in [1.165, 1.54) is 31.2 Å². The van der Waals surface area contributed by atoms with Crippen LogP contribution >= 0.6 is 24.8 Å². The third-order valence-corrected chi connectivity index (χ3v) is 4.60. The van der Waals surface area contributed by atoms with Crippen LogP contribution in [-0.4, -0.2) is 31.1 Å². The molecular weight excluding hydrogens is 310 g/mol. The molecule has 1 heterocycles. The lowest BCUT2D eigenvalue weighted by Gasteiger charge is -2.38. The summed E-state index contributed by atoms with van der Waals surface area (Å²) >= 11 is 0. The van der Waals surface area contributed by atoms with Gasteiger partial charge in [-0.1, -0.05) is 25.0 Å². The Morgan fingerprint density at radius 1 is 1.00 bits per heavy atom. The summed E-state index contributed by atoms with van der Waals surface area (Å²) in [4.78, 5) is 2.60. The smallest absolute Gasteiger partial charge is 0.123 e. The maximum absolute atomic E-state index is 13.1. The van der Waals surface area contributed by atoms with Gasteiger partial charge in [0.25, 0.3) is 0 Å². The van der Waals surface area contributed by atoms with E-state index in [0.717, 1.165) is 32.1 Å². The van der Waals surface area contributed by atoms with Gasteiger partial charge in [0.1, 0.15) is 5.82 Å². The standard InChI is InChI=1S/C16H23FN2.2ClH/c17-15-7-5-14(6-8-15)16(13-3-1-2-4-13)19-11-9-18-10-12-19;;/h5-8,13,16,18H,1-4,9-12H2;2*1H/t16-;;/m0../s1. The van der Waals surface area contributed by atoms with Crippen molar-refractivity contribution in [3.05, 3.63) is 35.6 Å². The molecule has 1 aromatic rings. The first-order valence-corrected chi connectivity index (χ1v) is 7.55. The highest BCUT2D eigenvalue weighted by Crippen LogP contribution is 2.39. The molecular formula is C16H25Cl2FN2. The molecule has 5 heteroatoms. The number of hydrogen-bond acceptors (Lipinski definition) is 2. The fourth-order valence-corrected chi connectivity index (χ4v) is 3.67. The molecule has 1 atom stereocenters. The van der Waals surface area contributed by atoms with Gasteiger partial charge in [-0.25, -0.2) is 4.39 Å². The summed E-state index contributed by atoms with van der Waals surface area (Å²) in [5.41, 5.74) is 1.30. The second-order valence-electron chi connectivity index (χ2n) is 5.83. The zero-order valence-corrected chi connectivity index (χ0v) is 13.9. The molecule has 3 rings (SSSR count). The van der Waals surface area contributed by atoms with Crippen molar-refractivity contribution in [1.29, 1.82) is 0 Å². The van der Waals surface area contributed by atoms with Crippen molar-refractivity contribution < 1.29 is 4.39 Å². The van der Waals surface area contributed by atoms with Crippen molar-refractivity contribution in [2.24, 2.45) is 5.92 Å². The molecule has 0 unspecified atom stereocenters. The van der Waals surface area contributed by atoms with Gasteiger partial charge in [-0.15, -0.1) is 24.8 Å². The molecule has 0 spiro atoms. The average Bonchev–Trinajstić information content (AvgIpc) is 2.96. The van der Waals surface area contributed by atoms with E-state index in [2.05, 4.69) is 10.2 Å². The van der Waals surface area contributed by atoms with E-state index >= 15 is 0 Å². The Morgan fingerprint density at radius 3 is 2.14 bits per heavy atom. The van der Waals surface area contributed by atoms with E-state index in [4.69, 9.17) is 0 Å². The van der Waals surface area contributed by atoms with Crippen LogP contribution in [0.15, 0.2) is 24.3 Å². The number of piperazine rings is 1. The van der Waals surface area contributed by atoms with Crippen LogP contribution in [-0.2, 0) is 0 Å². The van der Waals surface area contributed by atoms with Crippen LogP contribution in [0.1, 0.15) is 37.3 Å². The average molecular weight is 335 g/mol. The van der Waals surface area contributed by atoms with Crippen LogP contribution in [0.3, 0.4) is 0 Å². The number of nitrogens with one attached hydrogen (secondary N) is 1.